The molecule has 2 rings (SSSR count). The molecule has 12 heavy (non-hydrogen) atoms. The van der Waals surface area contributed by atoms with Crippen molar-refractivity contribution >= 4 is 17.1 Å². The smallest absolute Gasteiger partial charge is 0.282 e. The Morgan fingerprint density at radius 3 is 3.17 bits per heavy atom. The molecule has 0 atom stereocenters. The molecule has 7 heteroatoms. The van der Waals surface area contributed by atoms with Gasteiger partial charge in [0.15, 0.2) is 11.2 Å². The van der Waals surface area contributed by atoms with E-state index in [-0.39, 0.29) is 17.1 Å². The van der Waals surface area contributed by atoms with Crippen LogP contribution in [0.2, 0.25) is 0 Å². The van der Waals surface area contributed by atoms with Gasteiger partial charge in [-0.1, -0.05) is 0 Å². The van der Waals surface area contributed by atoms with Crippen molar-refractivity contribution in [2.24, 2.45) is 0 Å². The first-order valence-electron chi connectivity index (χ1n) is 3.10. The number of anilines is 1. The van der Waals surface area contributed by atoms with E-state index in [1.54, 1.807) is 0 Å². The number of hydrogen-bond donors (Lipinski definition) is 3. The predicted molar refractivity (Wildman–Crippen MR) is 39.7 cm³/mol. The minimum absolute atomic E-state index is 0.01000. The van der Waals surface area contributed by atoms with Crippen LogP contribution >= 0.6 is 0 Å². The van der Waals surface area contributed by atoms with Gasteiger partial charge in [0.1, 0.15) is 6.33 Å². The lowest BCUT2D eigenvalue weighted by molar-refractivity contribution is 0.197. The molecule has 0 fully saturated rings. The summed E-state index contributed by atoms with van der Waals surface area (Å²) in [6, 6.07) is 0. The molecule has 0 unspecified atom stereocenters. The van der Waals surface area contributed by atoms with Crippen molar-refractivity contribution in [3.05, 3.63) is 16.7 Å². The number of H-pyrrole nitrogens is 1. The second-order valence-corrected chi connectivity index (χ2v) is 2.21. The number of nitrogens with two attached hydrogens (primary N) is 1. The van der Waals surface area contributed by atoms with E-state index in [4.69, 9.17) is 10.9 Å². The average Bonchev–Trinajstić information content (AvgIpc) is 2.31. The Balaban J connectivity index is 3.03. The molecule has 0 aliphatic carbocycles. The standard InChI is InChI=1S/C5H5N5O2/c6-5-8-3-2(4(11)9-5)10(12)1-7-3/h1,12H,(H3,6,8,9,11). The molecule has 2 aromatic heterocycles. The summed E-state index contributed by atoms with van der Waals surface area (Å²) in [5.74, 6) is -0.0220. The van der Waals surface area contributed by atoms with E-state index in [0.29, 0.717) is 4.73 Å². The number of rotatable bonds is 0. The molecule has 0 aliphatic rings. The number of nitrogens with zero attached hydrogens (tertiary/aromatic N) is 3. The quantitative estimate of drug-likeness (QED) is 0.433. The molecule has 0 saturated carbocycles. The zero-order valence-electron chi connectivity index (χ0n) is 5.85. The van der Waals surface area contributed by atoms with Gasteiger partial charge < -0.3 is 10.9 Å². The molecule has 0 saturated heterocycles. The number of fused-ring (bicyclic) bond motifs is 1. The van der Waals surface area contributed by atoms with Crippen molar-refractivity contribution in [2.75, 3.05) is 5.73 Å². The Kier molecular flexibility index (Phi) is 1.09. The molecule has 0 radical (unpaired) electrons. The van der Waals surface area contributed by atoms with Gasteiger partial charge in [0.2, 0.25) is 5.95 Å². The molecule has 2 aromatic rings. The monoisotopic (exact) mass is 167 g/mol. The summed E-state index contributed by atoms with van der Waals surface area (Å²) in [4.78, 5) is 20.6. The Labute approximate surface area is 65.4 Å². The lowest BCUT2D eigenvalue weighted by Crippen LogP contribution is -2.13. The fourth-order valence-corrected chi connectivity index (χ4v) is 0.936. The number of imidazole rings is 1. The Morgan fingerprint density at radius 2 is 2.42 bits per heavy atom. The SMILES string of the molecule is Nc1nc2ncn(O)c2c(=O)[nH]1. The molecule has 0 spiro atoms. The van der Waals surface area contributed by atoms with Crippen molar-refractivity contribution in [1.29, 1.82) is 0 Å². The molecular weight excluding hydrogens is 162 g/mol. The summed E-state index contributed by atoms with van der Waals surface area (Å²) in [7, 11) is 0. The first-order valence-corrected chi connectivity index (χ1v) is 3.10. The molecule has 0 amide bonds. The number of aromatic nitrogens is 4. The van der Waals surface area contributed by atoms with E-state index in [0.717, 1.165) is 6.33 Å². The van der Waals surface area contributed by atoms with Gasteiger partial charge in [-0.2, -0.15) is 9.71 Å². The molecule has 0 bridgehead atoms. The molecule has 7 nitrogen and oxygen atoms in total. The zero-order valence-corrected chi connectivity index (χ0v) is 5.85. The van der Waals surface area contributed by atoms with Crippen LogP contribution in [0.15, 0.2) is 11.1 Å². The van der Waals surface area contributed by atoms with Crippen LogP contribution in [-0.2, 0) is 0 Å². The summed E-state index contributed by atoms with van der Waals surface area (Å²) in [5, 5.41) is 9.04. The Morgan fingerprint density at radius 1 is 1.67 bits per heavy atom. The number of hydrogen-bond acceptors (Lipinski definition) is 5. The molecule has 62 valence electrons. The van der Waals surface area contributed by atoms with Crippen LogP contribution in [0.1, 0.15) is 0 Å². The van der Waals surface area contributed by atoms with E-state index < -0.39 is 5.56 Å². The van der Waals surface area contributed by atoms with Gasteiger partial charge in [0.05, 0.1) is 0 Å². The second-order valence-electron chi connectivity index (χ2n) is 2.21. The Hall–Kier alpha value is -2.05. The Bertz CT molecular complexity index is 484. The fraction of sp³-hybridized carbons (Fsp3) is 0. The van der Waals surface area contributed by atoms with E-state index in [2.05, 4.69) is 15.0 Å². The van der Waals surface area contributed by atoms with Crippen molar-refractivity contribution in [3.8, 4) is 0 Å². The third kappa shape index (κ3) is 0.729. The maximum Gasteiger partial charge on any atom is 0.282 e. The summed E-state index contributed by atoms with van der Waals surface area (Å²) in [5.41, 5.74) is 4.83. The van der Waals surface area contributed by atoms with Crippen LogP contribution in [0.3, 0.4) is 0 Å². The molecule has 2 heterocycles. The van der Waals surface area contributed by atoms with E-state index in [1.807, 2.05) is 0 Å². The molecular formula is C5H5N5O2. The van der Waals surface area contributed by atoms with Crippen LogP contribution in [0.5, 0.6) is 0 Å². The highest BCUT2D eigenvalue weighted by Crippen LogP contribution is 2.02. The normalized spacial score (nSPS) is 10.7. The van der Waals surface area contributed by atoms with Crippen LogP contribution in [0, 0.1) is 0 Å². The highest BCUT2D eigenvalue weighted by atomic mass is 16.5. The third-order valence-corrected chi connectivity index (χ3v) is 1.41. The topological polar surface area (TPSA) is 110 Å². The fourth-order valence-electron chi connectivity index (χ4n) is 0.936. The summed E-state index contributed by atoms with van der Waals surface area (Å²) < 4.78 is 0.598. The molecule has 0 aromatic carbocycles. The first-order chi connectivity index (χ1) is 5.68. The third-order valence-electron chi connectivity index (χ3n) is 1.41. The van der Waals surface area contributed by atoms with E-state index in [9.17, 15) is 4.79 Å². The van der Waals surface area contributed by atoms with Gasteiger partial charge in [0.25, 0.3) is 5.56 Å². The maximum atomic E-state index is 11.1. The second kappa shape index (κ2) is 1.97. The number of nitrogens with one attached hydrogen (secondary N) is 1. The molecule has 0 aliphatic heterocycles. The van der Waals surface area contributed by atoms with Crippen LogP contribution in [-0.4, -0.2) is 24.9 Å². The van der Waals surface area contributed by atoms with Crippen molar-refractivity contribution < 1.29 is 5.21 Å². The van der Waals surface area contributed by atoms with E-state index >= 15 is 0 Å². The van der Waals surface area contributed by atoms with Crippen LogP contribution in [0.4, 0.5) is 5.95 Å². The lowest BCUT2D eigenvalue weighted by Gasteiger charge is -1.92. The van der Waals surface area contributed by atoms with Gasteiger partial charge in [-0.25, -0.2) is 4.98 Å². The summed E-state index contributed by atoms with van der Waals surface area (Å²) in [6.07, 6.45) is 1.08. The number of aromatic amines is 1. The average molecular weight is 167 g/mol. The maximum absolute atomic E-state index is 11.1. The van der Waals surface area contributed by atoms with Crippen molar-refractivity contribution in [1.82, 2.24) is 19.7 Å². The van der Waals surface area contributed by atoms with Gasteiger partial charge in [0, 0.05) is 0 Å². The minimum Gasteiger partial charge on any atom is -0.427 e. The first kappa shape index (κ1) is 6.65. The van der Waals surface area contributed by atoms with Gasteiger partial charge in [-0.15, -0.1) is 0 Å². The zero-order chi connectivity index (χ0) is 8.72. The predicted octanol–water partition coefficient (Wildman–Crippen LogP) is -1.06. The molecule has 4 N–H and O–H groups in total. The van der Waals surface area contributed by atoms with E-state index in [1.165, 1.54) is 0 Å². The van der Waals surface area contributed by atoms with Gasteiger partial charge in [-0.3, -0.25) is 9.78 Å². The van der Waals surface area contributed by atoms with Crippen LogP contribution < -0.4 is 11.3 Å². The lowest BCUT2D eigenvalue weighted by atomic mass is 10.5. The summed E-state index contributed by atoms with van der Waals surface area (Å²) in [6.45, 7) is 0. The largest absolute Gasteiger partial charge is 0.427 e. The highest BCUT2D eigenvalue weighted by Gasteiger charge is 2.07. The van der Waals surface area contributed by atoms with Crippen molar-refractivity contribution in [2.45, 2.75) is 0 Å². The highest BCUT2D eigenvalue weighted by molar-refractivity contribution is 5.69. The van der Waals surface area contributed by atoms with Crippen molar-refractivity contribution in [3.63, 3.8) is 0 Å². The summed E-state index contributed by atoms with van der Waals surface area (Å²) >= 11 is 0. The van der Waals surface area contributed by atoms with Gasteiger partial charge >= 0.3 is 0 Å². The minimum atomic E-state index is -0.516. The number of nitrogen functional groups attached to an aromatic ring is 1. The van der Waals surface area contributed by atoms with Gasteiger partial charge in [-0.05, 0) is 0 Å². The van der Waals surface area contributed by atoms with Crippen LogP contribution in [0.25, 0.3) is 11.2 Å².